The molecule has 2 aliphatic heterocycles. The molecule has 1 fully saturated rings. The summed E-state index contributed by atoms with van der Waals surface area (Å²) in [6.07, 6.45) is -0.122. The number of likely N-dealkylation sites (N-methyl/N-ethyl adjacent to an activating group) is 1. The summed E-state index contributed by atoms with van der Waals surface area (Å²) < 4.78 is 22.0. The van der Waals surface area contributed by atoms with Crippen LogP contribution in [0, 0.1) is 0 Å². The molecule has 4 nitrogen and oxygen atoms in total. The molecule has 2 aliphatic rings. The molecular formula is C20H24NO3P. The van der Waals surface area contributed by atoms with Crippen LogP contribution in [0.25, 0.3) is 0 Å². The maximum atomic E-state index is 6.81. The van der Waals surface area contributed by atoms with Crippen molar-refractivity contribution in [3.05, 3.63) is 77.7 Å². The molecular weight excluding hydrogens is 333 g/mol. The number of benzene rings is 2. The van der Waals surface area contributed by atoms with E-state index in [-0.39, 0.29) is 12.1 Å². The Hall–Kier alpha value is -1.87. The monoisotopic (exact) mass is 357 g/mol. The molecule has 0 radical (unpaired) electrons. The van der Waals surface area contributed by atoms with E-state index in [1.54, 1.807) is 0 Å². The average molecular weight is 357 g/mol. The van der Waals surface area contributed by atoms with Gasteiger partial charge in [-0.15, -0.1) is 0 Å². The molecule has 0 bridgehead atoms. The van der Waals surface area contributed by atoms with E-state index in [2.05, 4.69) is 23.7 Å². The van der Waals surface area contributed by atoms with Gasteiger partial charge < -0.3 is 0 Å². The fourth-order valence-corrected chi connectivity index (χ4v) is 8.25. The molecule has 2 atom stereocenters. The Balaban J connectivity index is 1.89. The minimum atomic E-state index is -3.68. The normalized spacial score (nSPS) is 29.0. The Labute approximate surface area is 149 Å². The van der Waals surface area contributed by atoms with Crippen LogP contribution in [0.2, 0.25) is 0 Å². The Morgan fingerprint density at radius 1 is 0.840 bits per heavy atom. The zero-order valence-electron chi connectivity index (χ0n) is 15.0. The number of allylic oxidation sites excluding steroid dienone is 2. The van der Waals surface area contributed by atoms with Gasteiger partial charge in [0, 0.05) is 0 Å². The van der Waals surface area contributed by atoms with Crippen LogP contribution in [0.1, 0.15) is 32.4 Å². The summed E-state index contributed by atoms with van der Waals surface area (Å²) in [5.41, 5.74) is 1.13. The van der Waals surface area contributed by atoms with Crippen molar-refractivity contribution in [3.8, 4) is 0 Å². The standard InChI is InChI=1S/C20H24NO3P/c1-15-20(18-11-7-5-8-12-18)24-25(21(15)4,19-13-9-6-10-14-19)22-16(2)17(3)23-25/h5-15,20H,1-4H3/t15-,20-/m0/s1. The molecule has 1 spiro atoms. The first kappa shape index (κ1) is 16.6. The molecule has 0 N–H and O–H groups in total. The van der Waals surface area contributed by atoms with Gasteiger partial charge in [-0.25, -0.2) is 0 Å². The van der Waals surface area contributed by atoms with Gasteiger partial charge in [0.1, 0.15) is 0 Å². The first-order chi connectivity index (χ1) is 12.0. The van der Waals surface area contributed by atoms with Gasteiger partial charge in [0.05, 0.1) is 0 Å². The molecule has 2 aromatic carbocycles. The Bertz CT molecular complexity index is 807. The van der Waals surface area contributed by atoms with Crippen LogP contribution in [-0.4, -0.2) is 17.8 Å². The van der Waals surface area contributed by atoms with E-state index >= 15 is 0 Å². The maximum absolute atomic E-state index is 6.81. The van der Waals surface area contributed by atoms with Gasteiger partial charge in [0.2, 0.25) is 0 Å². The van der Waals surface area contributed by atoms with Crippen LogP contribution in [0.5, 0.6) is 0 Å². The SMILES string of the molecule is CC1=C(C)OP2(c3ccccc3)(O1)O[C@H](c1ccccc1)[C@H](C)N2C. The van der Waals surface area contributed by atoms with Gasteiger partial charge in [0.15, 0.2) is 0 Å². The second kappa shape index (κ2) is 5.57. The Kier molecular flexibility index (Phi) is 3.69. The molecule has 25 heavy (non-hydrogen) atoms. The molecule has 132 valence electrons. The van der Waals surface area contributed by atoms with Crippen molar-refractivity contribution < 1.29 is 13.6 Å². The summed E-state index contributed by atoms with van der Waals surface area (Å²) in [6, 6.07) is 20.5. The predicted octanol–water partition coefficient (Wildman–Crippen LogP) is 4.92. The van der Waals surface area contributed by atoms with Crippen molar-refractivity contribution in [1.29, 1.82) is 0 Å². The fraction of sp³-hybridized carbons (Fsp3) is 0.300. The minimum absolute atomic E-state index is 0.110. The number of hydrogen-bond acceptors (Lipinski definition) is 4. The van der Waals surface area contributed by atoms with Crippen molar-refractivity contribution in [2.24, 2.45) is 0 Å². The summed E-state index contributed by atoms with van der Waals surface area (Å²) in [7, 11) is -1.63. The number of rotatable bonds is 2. The molecule has 2 heterocycles. The quantitative estimate of drug-likeness (QED) is 0.714. The third-order valence-electron chi connectivity index (χ3n) is 5.28. The van der Waals surface area contributed by atoms with Crippen LogP contribution in [-0.2, 0) is 13.6 Å². The van der Waals surface area contributed by atoms with E-state index in [9.17, 15) is 0 Å². The van der Waals surface area contributed by atoms with Gasteiger partial charge in [-0.1, -0.05) is 0 Å². The molecule has 0 saturated carbocycles. The van der Waals surface area contributed by atoms with Crippen LogP contribution in [0.3, 0.4) is 0 Å². The molecule has 0 aliphatic carbocycles. The molecule has 2 aromatic rings. The summed E-state index contributed by atoms with van der Waals surface area (Å²) in [6.45, 7) is 6.05. The van der Waals surface area contributed by atoms with Gasteiger partial charge in [-0.3, -0.25) is 0 Å². The van der Waals surface area contributed by atoms with Crippen molar-refractivity contribution in [1.82, 2.24) is 4.67 Å². The summed E-state index contributed by atoms with van der Waals surface area (Å²) >= 11 is 0. The summed E-state index contributed by atoms with van der Waals surface area (Å²) in [5.74, 6) is 1.57. The second-order valence-electron chi connectivity index (χ2n) is 6.72. The first-order valence-electron chi connectivity index (χ1n) is 8.59. The molecule has 4 rings (SSSR count). The first-order valence-corrected chi connectivity index (χ1v) is 10.5. The van der Waals surface area contributed by atoms with Crippen LogP contribution >= 0.6 is 7.43 Å². The van der Waals surface area contributed by atoms with E-state index in [0.717, 1.165) is 22.4 Å². The van der Waals surface area contributed by atoms with Gasteiger partial charge >= 0.3 is 149 Å². The van der Waals surface area contributed by atoms with Gasteiger partial charge in [0.25, 0.3) is 0 Å². The van der Waals surface area contributed by atoms with E-state index in [1.807, 2.05) is 69.4 Å². The van der Waals surface area contributed by atoms with Gasteiger partial charge in [-0.05, 0) is 0 Å². The van der Waals surface area contributed by atoms with E-state index < -0.39 is 7.43 Å². The number of hydrogen-bond donors (Lipinski definition) is 0. The van der Waals surface area contributed by atoms with Crippen LogP contribution in [0.4, 0.5) is 0 Å². The summed E-state index contributed by atoms with van der Waals surface area (Å²) in [5, 5.41) is 0.956. The van der Waals surface area contributed by atoms with Crippen molar-refractivity contribution in [2.45, 2.75) is 32.9 Å². The molecule has 1 saturated heterocycles. The zero-order valence-corrected chi connectivity index (χ0v) is 15.9. The third-order valence-corrected chi connectivity index (χ3v) is 9.68. The topological polar surface area (TPSA) is 30.9 Å². The van der Waals surface area contributed by atoms with Crippen molar-refractivity contribution >= 4 is 12.7 Å². The summed E-state index contributed by atoms with van der Waals surface area (Å²) in [4.78, 5) is 0. The fourth-order valence-electron chi connectivity index (χ4n) is 3.68. The zero-order chi connectivity index (χ0) is 17.7. The van der Waals surface area contributed by atoms with Crippen molar-refractivity contribution in [2.75, 3.05) is 7.05 Å². The average Bonchev–Trinajstić information content (AvgIpc) is 3.04. The van der Waals surface area contributed by atoms with Gasteiger partial charge in [-0.2, -0.15) is 0 Å². The second-order valence-corrected chi connectivity index (χ2v) is 10.1. The Morgan fingerprint density at radius 2 is 1.36 bits per heavy atom. The molecule has 0 aromatic heterocycles. The van der Waals surface area contributed by atoms with Crippen LogP contribution in [0.15, 0.2) is 72.2 Å². The van der Waals surface area contributed by atoms with Crippen LogP contribution < -0.4 is 5.30 Å². The van der Waals surface area contributed by atoms with E-state index in [1.165, 1.54) is 0 Å². The molecule has 0 amide bonds. The predicted molar refractivity (Wildman–Crippen MR) is 101 cm³/mol. The molecule has 0 unspecified atom stereocenters. The van der Waals surface area contributed by atoms with Crippen molar-refractivity contribution in [3.63, 3.8) is 0 Å². The van der Waals surface area contributed by atoms with E-state index in [0.29, 0.717) is 0 Å². The Morgan fingerprint density at radius 3 is 1.92 bits per heavy atom. The third kappa shape index (κ3) is 2.18. The number of nitrogens with zero attached hydrogens (tertiary/aromatic N) is 1. The van der Waals surface area contributed by atoms with E-state index in [4.69, 9.17) is 13.6 Å². The molecule has 5 heteroatoms.